The molecule has 0 saturated carbocycles. The zero-order valence-corrected chi connectivity index (χ0v) is 17.6. The number of aryl methyl sites for hydroxylation is 1. The number of carbonyl (C=O) groups is 1. The molecule has 1 unspecified atom stereocenters. The number of nitrogens with zero attached hydrogens (tertiary/aromatic N) is 2. The zero-order valence-electron chi connectivity index (χ0n) is 16.0. The van der Waals surface area contributed by atoms with Crippen molar-refractivity contribution in [3.8, 4) is 5.75 Å². The van der Waals surface area contributed by atoms with E-state index in [4.69, 9.17) is 21.1 Å². The monoisotopic (exact) mass is 420 g/mol. The van der Waals surface area contributed by atoms with Gasteiger partial charge in [-0.1, -0.05) is 22.9 Å². The smallest absolute Gasteiger partial charge is 0.323 e. The van der Waals surface area contributed by atoms with Crippen molar-refractivity contribution in [2.45, 2.75) is 26.9 Å². The number of ether oxygens (including phenoxy) is 2. The van der Waals surface area contributed by atoms with Crippen molar-refractivity contribution in [1.29, 1.82) is 0 Å². The number of pyridine rings is 1. The highest BCUT2D eigenvalue weighted by Gasteiger charge is 2.20. The molecule has 1 atom stereocenters. The zero-order chi connectivity index (χ0) is 20.3. The van der Waals surface area contributed by atoms with Crippen LogP contribution in [-0.4, -0.2) is 29.7 Å². The molecular weight excluding hydrogens is 400 g/mol. The van der Waals surface area contributed by atoms with Crippen LogP contribution in [0.5, 0.6) is 5.75 Å². The minimum atomic E-state index is -0.417. The first-order valence-corrected chi connectivity index (χ1v) is 9.91. The summed E-state index contributed by atoms with van der Waals surface area (Å²) in [5.74, 6) is 0.536. The normalized spacial score (nSPS) is 12.0. The van der Waals surface area contributed by atoms with Gasteiger partial charge >= 0.3 is 6.03 Å². The summed E-state index contributed by atoms with van der Waals surface area (Å²) < 4.78 is 10.9. The van der Waals surface area contributed by atoms with Crippen LogP contribution < -0.4 is 15.4 Å². The number of thiazole rings is 1. The molecule has 2 N–H and O–H groups in total. The summed E-state index contributed by atoms with van der Waals surface area (Å²) in [5.41, 5.74) is 2.64. The van der Waals surface area contributed by atoms with E-state index < -0.39 is 6.03 Å². The summed E-state index contributed by atoms with van der Waals surface area (Å²) in [6, 6.07) is 4.60. The van der Waals surface area contributed by atoms with Crippen molar-refractivity contribution in [2.24, 2.45) is 0 Å². The topological polar surface area (TPSA) is 85.4 Å². The van der Waals surface area contributed by atoms with Crippen LogP contribution in [-0.2, 0) is 4.74 Å². The highest BCUT2D eigenvalue weighted by molar-refractivity contribution is 7.18. The van der Waals surface area contributed by atoms with E-state index in [0.29, 0.717) is 28.8 Å². The molecule has 0 aliphatic rings. The Morgan fingerprint density at radius 2 is 2.14 bits per heavy atom. The van der Waals surface area contributed by atoms with E-state index in [-0.39, 0.29) is 6.10 Å². The van der Waals surface area contributed by atoms with Gasteiger partial charge in [0.2, 0.25) is 0 Å². The highest BCUT2D eigenvalue weighted by atomic mass is 35.5. The van der Waals surface area contributed by atoms with E-state index in [1.54, 1.807) is 24.4 Å². The van der Waals surface area contributed by atoms with Crippen molar-refractivity contribution in [1.82, 2.24) is 9.97 Å². The van der Waals surface area contributed by atoms with Gasteiger partial charge in [-0.2, -0.15) is 0 Å². The molecule has 7 nitrogen and oxygen atoms in total. The molecule has 0 aliphatic heterocycles. The number of nitrogens with one attached hydrogen (secondary N) is 2. The fourth-order valence-electron chi connectivity index (χ4n) is 2.87. The molecule has 28 heavy (non-hydrogen) atoms. The van der Waals surface area contributed by atoms with Crippen molar-refractivity contribution in [3.63, 3.8) is 0 Å². The van der Waals surface area contributed by atoms with E-state index in [2.05, 4.69) is 20.6 Å². The number of aromatic nitrogens is 2. The van der Waals surface area contributed by atoms with Gasteiger partial charge in [-0.25, -0.2) is 14.8 Å². The highest BCUT2D eigenvalue weighted by Crippen LogP contribution is 2.34. The lowest BCUT2D eigenvalue weighted by molar-refractivity contribution is 0.0777. The predicted octanol–water partition coefficient (Wildman–Crippen LogP) is 5.40. The number of halogens is 1. The number of rotatable bonds is 6. The molecule has 2 heterocycles. The number of benzene rings is 1. The minimum absolute atomic E-state index is 0.247. The Bertz CT molecular complexity index is 1010. The van der Waals surface area contributed by atoms with Crippen LogP contribution in [0.3, 0.4) is 0 Å². The number of anilines is 2. The van der Waals surface area contributed by atoms with Crippen LogP contribution in [0.2, 0.25) is 5.02 Å². The second-order valence-corrected chi connectivity index (χ2v) is 7.59. The molecule has 9 heteroatoms. The number of urea groups is 1. The molecule has 0 fully saturated rings. The van der Waals surface area contributed by atoms with Gasteiger partial charge in [-0.3, -0.25) is 0 Å². The second-order valence-electron chi connectivity index (χ2n) is 6.00. The number of hydrogen-bond acceptors (Lipinski definition) is 6. The van der Waals surface area contributed by atoms with Gasteiger partial charge < -0.3 is 20.1 Å². The third-order valence-electron chi connectivity index (χ3n) is 4.05. The third kappa shape index (κ3) is 4.35. The van der Waals surface area contributed by atoms with E-state index in [1.807, 2.05) is 20.8 Å². The number of hydrogen-bond donors (Lipinski definition) is 2. The standard InChI is InChI=1S/C19H21ClN4O3S/c1-5-27-10(2)16-14(9-21-18-17(16)22-11(3)28-18)24-19(25)23-12-6-7-15(26-4)13(20)8-12/h6-10H,5H2,1-4H3,(H2,23,24,25). The molecule has 2 amide bonds. The molecule has 0 bridgehead atoms. The minimum Gasteiger partial charge on any atom is -0.495 e. The van der Waals surface area contributed by atoms with Gasteiger partial charge in [-0.05, 0) is 39.0 Å². The van der Waals surface area contributed by atoms with Crippen LogP contribution in [0, 0.1) is 6.92 Å². The second kappa shape index (κ2) is 8.72. The van der Waals surface area contributed by atoms with Gasteiger partial charge in [0.25, 0.3) is 0 Å². The molecule has 0 aliphatic carbocycles. The first kappa shape index (κ1) is 20.3. The molecule has 0 spiro atoms. The summed E-state index contributed by atoms with van der Waals surface area (Å²) in [7, 11) is 1.53. The third-order valence-corrected chi connectivity index (χ3v) is 5.23. The van der Waals surface area contributed by atoms with Crippen LogP contribution in [0.1, 0.15) is 30.5 Å². The Hall–Kier alpha value is -2.42. The summed E-state index contributed by atoms with van der Waals surface area (Å²) in [6.07, 6.45) is 1.38. The van der Waals surface area contributed by atoms with Crippen molar-refractivity contribution < 1.29 is 14.3 Å². The number of amides is 2. The SMILES string of the molecule is CCOC(C)c1c(NC(=O)Nc2ccc(OC)c(Cl)c2)cnc2sc(C)nc12. The Kier molecular flexibility index (Phi) is 6.33. The Morgan fingerprint density at radius 3 is 2.82 bits per heavy atom. The summed E-state index contributed by atoms with van der Waals surface area (Å²) in [4.78, 5) is 22.3. The van der Waals surface area contributed by atoms with Gasteiger partial charge in [0, 0.05) is 17.9 Å². The van der Waals surface area contributed by atoms with E-state index in [9.17, 15) is 4.79 Å². The van der Waals surface area contributed by atoms with Crippen molar-refractivity contribution >= 4 is 50.7 Å². The Morgan fingerprint density at radius 1 is 1.36 bits per heavy atom. The van der Waals surface area contributed by atoms with Crippen molar-refractivity contribution in [3.05, 3.63) is 40.0 Å². The summed E-state index contributed by atoms with van der Waals surface area (Å²) in [6.45, 7) is 6.33. The molecule has 2 aromatic heterocycles. The van der Waals surface area contributed by atoms with Crippen LogP contribution in [0.15, 0.2) is 24.4 Å². The van der Waals surface area contributed by atoms with Crippen LogP contribution >= 0.6 is 22.9 Å². The van der Waals surface area contributed by atoms with Gasteiger partial charge in [-0.15, -0.1) is 0 Å². The van der Waals surface area contributed by atoms with Crippen LogP contribution in [0.4, 0.5) is 16.2 Å². The summed E-state index contributed by atoms with van der Waals surface area (Å²) in [5, 5.41) is 6.92. The number of methoxy groups -OCH3 is 1. The van der Waals surface area contributed by atoms with Crippen molar-refractivity contribution in [2.75, 3.05) is 24.4 Å². The van der Waals surface area contributed by atoms with Crippen LogP contribution in [0.25, 0.3) is 10.3 Å². The molecule has 148 valence electrons. The molecule has 3 aromatic rings. The largest absolute Gasteiger partial charge is 0.495 e. The lowest BCUT2D eigenvalue weighted by Crippen LogP contribution is -2.21. The average Bonchev–Trinajstić information content (AvgIpc) is 3.02. The number of carbonyl (C=O) groups excluding carboxylic acids is 1. The first-order chi connectivity index (χ1) is 13.4. The average molecular weight is 421 g/mol. The maximum atomic E-state index is 12.5. The molecule has 0 saturated heterocycles. The molecule has 0 radical (unpaired) electrons. The van der Waals surface area contributed by atoms with Gasteiger partial charge in [0.1, 0.15) is 16.1 Å². The summed E-state index contributed by atoms with van der Waals surface area (Å²) >= 11 is 7.62. The van der Waals surface area contributed by atoms with E-state index in [0.717, 1.165) is 20.9 Å². The molecule has 3 rings (SSSR count). The quantitative estimate of drug-likeness (QED) is 0.557. The van der Waals surface area contributed by atoms with E-state index >= 15 is 0 Å². The Balaban J connectivity index is 1.87. The predicted molar refractivity (Wildman–Crippen MR) is 113 cm³/mol. The van der Waals surface area contributed by atoms with E-state index in [1.165, 1.54) is 18.4 Å². The maximum absolute atomic E-state index is 12.5. The fourth-order valence-corrected chi connectivity index (χ4v) is 3.90. The maximum Gasteiger partial charge on any atom is 0.323 e. The van der Waals surface area contributed by atoms with Gasteiger partial charge in [0.05, 0.1) is 35.1 Å². The first-order valence-electron chi connectivity index (χ1n) is 8.72. The number of fused-ring (bicyclic) bond motifs is 1. The fraction of sp³-hybridized carbons (Fsp3) is 0.316. The van der Waals surface area contributed by atoms with Gasteiger partial charge in [0.15, 0.2) is 0 Å². The Labute approximate surface area is 172 Å². The molecular formula is C19H21ClN4O3S. The lowest BCUT2D eigenvalue weighted by atomic mass is 10.1. The molecule has 1 aromatic carbocycles. The lowest BCUT2D eigenvalue weighted by Gasteiger charge is -2.17.